The molecule has 4 aromatic rings. The average molecular weight is 799 g/mol. The monoisotopic (exact) mass is 798 g/mol. The van der Waals surface area contributed by atoms with Crippen molar-refractivity contribution in [2.45, 2.75) is 94.2 Å². The molecular weight excluding hydrogens is 753 g/mol. The first kappa shape index (κ1) is 40.6. The summed E-state index contributed by atoms with van der Waals surface area (Å²) >= 11 is 1.42. The number of fused-ring (bicyclic) bond motifs is 1. The van der Waals surface area contributed by atoms with E-state index in [9.17, 15) is 14.4 Å². The Balaban J connectivity index is 1.26. The molecule has 4 aromatic carbocycles. The van der Waals surface area contributed by atoms with E-state index in [1.807, 2.05) is 67.6 Å². The van der Waals surface area contributed by atoms with Crippen LogP contribution in [0.15, 0.2) is 121 Å². The largest absolute Gasteiger partial charge is 0.457 e. The highest BCUT2D eigenvalue weighted by molar-refractivity contribution is 7.99. The zero-order chi connectivity index (χ0) is 39.7. The van der Waals surface area contributed by atoms with Crippen molar-refractivity contribution in [3.63, 3.8) is 0 Å². The van der Waals surface area contributed by atoms with Gasteiger partial charge in [-0.05, 0) is 42.5 Å². The number of hydrogen-bond donors (Lipinski definition) is 0. The lowest BCUT2D eigenvalue weighted by atomic mass is 9.96. The predicted molar refractivity (Wildman–Crippen MR) is 208 cm³/mol. The van der Waals surface area contributed by atoms with Crippen molar-refractivity contribution in [2.24, 2.45) is 0 Å². The van der Waals surface area contributed by atoms with Crippen LogP contribution < -0.4 is 0 Å². The third-order valence-electron chi connectivity index (χ3n) is 9.80. The van der Waals surface area contributed by atoms with Crippen LogP contribution in [0.5, 0.6) is 0 Å². The summed E-state index contributed by atoms with van der Waals surface area (Å²) in [6, 6.07) is 36.0. The Morgan fingerprint density at radius 1 is 0.667 bits per heavy atom. The molecule has 3 aliphatic rings. The van der Waals surface area contributed by atoms with Crippen molar-refractivity contribution in [3.8, 4) is 0 Å². The van der Waals surface area contributed by atoms with Gasteiger partial charge in [0.2, 0.25) is 0 Å². The molecule has 7 rings (SSSR count). The minimum atomic E-state index is -1.28. The molecule has 0 N–H and O–H groups in total. The molecule has 12 nitrogen and oxygen atoms in total. The fourth-order valence-corrected chi connectivity index (χ4v) is 8.09. The topological polar surface area (TPSA) is 134 Å². The number of thioether (sulfide) groups is 1. The van der Waals surface area contributed by atoms with Gasteiger partial charge in [0, 0.05) is 12.5 Å². The quantitative estimate of drug-likeness (QED) is 0.105. The summed E-state index contributed by atoms with van der Waals surface area (Å²) in [6.45, 7) is 5.20. The first-order valence-corrected chi connectivity index (χ1v) is 20.1. The Kier molecular flexibility index (Phi) is 13.7. The van der Waals surface area contributed by atoms with Gasteiger partial charge in [-0.3, -0.25) is 4.79 Å². The summed E-state index contributed by atoms with van der Waals surface area (Å²) in [5.41, 5.74) is 1.52. The molecule has 0 aliphatic carbocycles. The van der Waals surface area contributed by atoms with Crippen molar-refractivity contribution in [2.75, 3.05) is 12.4 Å². The molecule has 0 spiro atoms. The molecule has 11 atom stereocenters. The molecule has 0 amide bonds. The summed E-state index contributed by atoms with van der Waals surface area (Å²) in [5, 5.41) is 0. The molecule has 13 heteroatoms. The van der Waals surface area contributed by atoms with Gasteiger partial charge in [0.15, 0.2) is 30.9 Å². The third kappa shape index (κ3) is 9.93. The molecule has 3 heterocycles. The maximum Gasteiger partial charge on any atom is 0.338 e. The fraction of sp³-hybridized carbons (Fsp3) is 0.386. The van der Waals surface area contributed by atoms with Crippen LogP contribution in [0.1, 0.15) is 58.9 Å². The predicted octanol–water partition coefficient (Wildman–Crippen LogP) is 6.68. The second-order valence-electron chi connectivity index (χ2n) is 13.8. The summed E-state index contributed by atoms with van der Waals surface area (Å²) in [4.78, 5) is 40.3. The second-order valence-corrected chi connectivity index (χ2v) is 15.2. The molecule has 0 saturated carbocycles. The number of benzene rings is 4. The van der Waals surface area contributed by atoms with Crippen LogP contribution in [0.3, 0.4) is 0 Å². The molecule has 3 fully saturated rings. The molecule has 1 unspecified atom stereocenters. The number of carbonyl (C=O) groups is 3. The lowest BCUT2D eigenvalue weighted by molar-refractivity contribution is -0.381. The van der Waals surface area contributed by atoms with Gasteiger partial charge in [0.1, 0.15) is 29.9 Å². The zero-order valence-electron chi connectivity index (χ0n) is 31.8. The van der Waals surface area contributed by atoms with Crippen LogP contribution >= 0.6 is 11.8 Å². The normalized spacial score (nSPS) is 29.7. The lowest BCUT2D eigenvalue weighted by Crippen LogP contribution is -2.67. The van der Waals surface area contributed by atoms with E-state index in [1.165, 1.54) is 18.7 Å². The smallest absolute Gasteiger partial charge is 0.338 e. The van der Waals surface area contributed by atoms with E-state index in [0.717, 1.165) is 11.1 Å². The van der Waals surface area contributed by atoms with Crippen molar-refractivity contribution in [1.82, 2.24) is 0 Å². The number of carbonyl (C=O) groups excluding carboxylic acids is 3. The van der Waals surface area contributed by atoms with Gasteiger partial charge >= 0.3 is 17.9 Å². The maximum atomic E-state index is 13.8. The van der Waals surface area contributed by atoms with Gasteiger partial charge in [-0.15, -0.1) is 11.8 Å². The van der Waals surface area contributed by atoms with E-state index >= 15 is 0 Å². The van der Waals surface area contributed by atoms with Gasteiger partial charge in [0.05, 0.1) is 30.4 Å². The number of ether oxygens (including phenoxy) is 9. The molecule has 0 radical (unpaired) electrons. The van der Waals surface area contributed by atoms with E-state index in [4.69, 9.17) is 42.6 Å². The van der Waals surface area contributed by atoms with Crippen molar-refractivity contribution in [3.05, 3.63) is 144 Å². The minimum absolute atomic E-state index is 0.0601. The number of hydrogen-bond acceptors (Lipinski definition) is 13. The first-order valence-electron chi connectivity index (χ1n) is 19.0. The van der Waals surface area contributed by atoms with Gasteiger partial charge in [-0.25, -0.2) is 9.59 Å². The van der Waals surface area contributed by atoms with Crippen LogP contribution in [0.4, 0.5) is 0 Å². The van der Waals surface area contributed by atoms with Crippen molar-refractivity contribution < 1.29 is 57.0 Å². The Hall–Kier alpha value is -4.60. The molecular formula is C44H46O12S. The van der Waals surface area contributed by atoms with Crippen LogP contribution in [0, 0.1) is 0 Å². The highest BCUT2D eigenvalue weighted by Gasteiger charge is 2.57. The standard InChI is InChI=1S/C44H46O12S/c1-4-57-44-39(54-41(47)31-21-13-7-14-22-31)36(34(27(2)50-44)53-40(46)30-19-11-6-12-20-30)56-43-38(48-25-29-17-9-5-10-18-29)37(51-28(3)45)35-33(52-43)26-49-42(55-35)32-23-15-8-16-24-32/h5-24,27,33-39,42-44H,4,25-26H2,1-3H3/t27-,33+,34-,35+,36+,37-,38+,39+,42?,43-,44-/m0/s1. The lowest BCUT2D eigenvalue weighted by Gasteiger charge is -2.51. The first-order chi connectivity index (χ1) is 27.8. The summed E-state index contributed by atoms with van der Waals surface area (Å²) in [5.74, 6) is -1.21. The Bertz CT molecular complexity index is 1900. The van der Waals surface area contributed by atoms with E-state index < -0.39 is 84.8 Å². The van der Waals surface area contributed by atoms with Crippen molar-refractivity contribution in [1.29, 1.82) is 0 Å². The fourth-order valence-electron chi connectivity index (χ4n) is 7.11. The van der Waals surface area contributed by atoms with E-state index in [0.29, 0.717) is 16.9 Å². The van der Waals surface area contributed by atoms with Crippen LogP contribution in [-0.4, -0.2) is 90.8 Å². The van der Waals surface area contributed by atoms with Crippen molar-refractivity contribution >= 4 is 29.7 Å². The van der Waals surface area contributed by atoms with E-state index in [-0.39, 0.29) is 13.2 Å². The minimum Gasteiger partial charge on any atom is -0.457 e. The Morgan fingerprint density at radius 2 is 1.25 bits per heavy atom. The maximum absolute atomic E-state index is 13.8. The highest BCUT2D eigenvalue weighted by atomic mass is 32.2. The molecule has 3 saturated heterocycles. The Labute approximate surface area is 336 Å². The van der Waals surface area contributed by atoms with E-state index in [2.05, 4.69) is 0 Å². The zero-order valence-corrected chi connectivity index (χ0v) is 32.6. The SMILES string of the molecule is CCS[C@@H]1O[C@@H](C)[C@H](OC(=O)c2ccccc2)[C@@H](O[C@@H]2O[C@@H]3COC(c4ccccc4)O[C@H]3[C@H](OC(C)=O)[C@H]2OCc2ccccc2)[C@H]1OC(=O)c1ccccc1. The summed E-state index contributed by atoms with van der Waals surface area (Å²) in [7, 11) is 0. The molecule has 300 valence electrons. The second kappa shape index (κ2) is 19.2. The van der Waals surface area contributed by atoms with E-state index in [1.54, 1.807) is 67.6 Å². The highest BCUT2D eigenvalue weighted by Crippen LogP contribution is 2.40. The average Bonchev–Trinajstić information content (AvgIpc) is 3.24. The van der Waals surface area contributed by atoms with Crippen LogP contribution in [0.2, 0.25) is 0 Å². The molecule has 3 aliphatic heterocycles. The van der Waals surface area contributed by atoms with Gasteiger partial charge in [-0.1, -0.05) is 104 Å². The van der Waals surface area contributed by atoms with Gasteiger partial charge < -0.3 is 42.6 Å². The van der Waals surface area contributed by atoms with Crippen LogP contribution in [0.25, 0.3) is 0 Å². The molecule has 57 heavy (non-hydrogen) atoms. The van der Waals surface area contributed by atoms with Gasteiger partial charge in [-0.2, -0.15) is 0 Å². The number of esters is 3. The molecule has 0 aromatic heterocycles. The summed E-state index contributed by atoms with van der Waals surface area (Å²) in [6.07, 6.45) is -9.91. The summed E-state index contributed by atoms with van der Waals surface area (Å²) < 4.78 is 57.8. The number of rotatable bonds is 13. The van der Waals surface area contributed by atoms with Gasteiger partial charge in [0.25, 0.3) is 0 Å². The Morgan fingerprint density at radius 3 is 1.84 bits per heavy atom. The third-order valence-corrected chi connectivity index (χ3v) is 10.8. The molecule has 0 bridgehead atoms. The van der Waals surface area contributed by atoms with Crippen LogP contribution in [-0.2, 0) is 54.0 Å².